The highest BCUT2D eigenvalue weighted by molar-refractivity contribution is 5.41. The Morgan fingerprint density at radius 2 is 1.60 bits per heavy atom. The molecule has 106 valence electrons. The summed E-state index contributed by atoms with van der Waals surface area (Å²) in [7, 11) is 0. The van der Waals surface area contributed by atoms with Gasteiger partial charge in [-0.05, 0) is 18.2 Å². The number of hydrazine groups is 1. The molecular weight excluding hydrogens is 272 g/mol. The lowest BCUT2D eigenvalue weighted by molar-refractivity contribution is -0.140. The van der Waals surface area contributed by atoms with Gasteiger partial charge in [-0.15, -0.1) is 0 Å². The highest BCUT2D eigenvalue weighted by Crippen LogP contribution is 2.32. The van der Waals surface area contributed by atoms with E-state index in [4.69, 9.17) is 0 Å². The second kappa shape index (κ2) is 5.92. The van der Waals surface area contributed by atoms with Crippen molar-refractivity contribution in [2.24, 2.45) is 0 Å². The maximum absolute atomic E-state index is 13.7. The topological polar surface area (TPSA) is 24.1 Å². The number of hydrogen-bond donors (Lipinski definition) is 2. The molecule has 0 atom stereocenters. The zero-order chi connectivity index (χ0) is 14.6. The van der Waals surface area contributed by atoms with Gasteiger partial charge in [0.2, 0.25) is 0 Å². The van der Waals surface area contributed by atoms with Crippen LogP contribution in [0.3, 0.4) is 0 Å². The summed E-state index contributed by atoms with van der Waals surface area (Å²) in [5, 5.41) is 0. The number of nitrogens with one attached hydrogen (secondary N) is 2. The highest BCUT2D eigenvalue weighted by atomic mass is 19.4. The zero-order valence-corrected chi connectivity index (χ0v) is 10.3. The fraction of sp³-hybridized carbons (Fsp3) is 0.143. The van der Waals surface area contributed by atoms with Crippen molar-refractivity contribution in [1.29, 1.82) is 0 Å². The van der Waals surface area contributed by atoms with E-state index in [-0.39, 0.29) is 12.1 Å². The minimum absolute atomic E-state index is 0.0525. The van der Waals surface area contributed by atoms with Gasteiger partial charge in [0.25, 0.3) is 0 Å². The van der Waals surface area contributed by atoms with Gasteiger partial charge in [-0.25, -0.2) is 9.82 Å². The molecule has 0 saturated carbocycles. The molecule has 2 nitrogen and oxygen atoms in total. The first-order chi connectivity index (χ1) is 9.48. The Kier molecular flexibility index (Phi) is 4.24. The van der Waals surface area contributed by atoms with Crippen molar-refractivity contribution >= 4 is 5.69 Å². The molecule has 0 unspecified atom stereocenters. The molecular formula is C14H12F4N2. The van der Waals surface area contributed by atoms with E-state index in [1.54, 1.807) is 24.3 Å². The zero-order valence-electron chi connectivity index (χ0n) is 10.3. The molecule has 0 amide bonds. The molecule has 0 spiro atoms. The van der Waals surface area contributed by atoms with Gasteiger partial charge in [0.15, 0.2) is 0 Å². The van der Waals surface area contributed by atoms with Crippen LogP contribution in [0.1, 0.15) is 11.1 Å². The molecule has 0 bridgehead atoms. The van der Waals surface area contributed by atoms with E-state index >= 15 is 0 Å². The van der Waals surface area contributed by atoms with Crippen molar-refractivity contribution < 1.29 is 17.6 Å². The Balaban J connectivity index is 2.04. The molecule has 2 rings (SSSR count). The van der Waals surface area contributed by atoms with Gasteiger partial charge in [-0.1, -0.05) is 30.3 Å². The standard InChI is InChI=1S/C14H12F4N2/c15-13-10(5-4-8-12(13)14(16,17)18)9-19-20-11-6-2-1-3-7-11/h1-8,19-20H,9H2. The number of alkyl halides is 3. The first-order valence-corrected chi connectivity index (χ1v) is 5.87. The van der Waals surface area contributed by atoms with E-state index in [0.29, 0.717) is 0 Å². The summed E-state index contributed by atoms with van der Waals surface area (Å²) in [6.07, 6.45) is -4.69. The van der Waals surface area contributed by atoms with Crippen molar-refractivity contribution in [3.63, 3.8) is 0 Å². The molecule has 20 heavy (non-hydrogen) atoms. The Hall–Kier alpha value is -2.08. The minimum Gasteiger partial charge on any atom is -0.321 e. The first kappa shape index (κ1) is 14.3. The van der Waals surface area contributed by atoms with Crippen LogP contribution < -0.4 is 10.9 Å². The lowest BCUT2D eigenvalue weighted by atomic mass is 10.1. The molecule has 2 aromatic carbocycles. The summed E-state index contributed by atoms with van der Waals surface area (Å²) in [6.45, 7) is -0.0648. The van der Waals surface area contributed by atoms with Crippen LogP contribution in [0, 0.1) is 5.82 Å². The Labute approximate surface area is 113 Å². The number of rotatable bonds is 4. The number of benzene rings is 2. The van der Waals surface area contributed by atoms with Gasteiger partial charge in [-0.2, -0.15) is 13.2 Å². The molecule has 0 fully saturated rings. The minimum atomic E-state index is -4.69. The third-order valence-corrected chi connectivity index (χ3v) is 2.67. The summed E-state index contributed by atoms with van der Waals surface area (Å²) < 4.78 is 51.3. The molecule has 0 aromatic heterocycles. The molecule has 6 heteroatoms. The fourth-order valence-electron chi connectivity index (χ4n) is 1.70. The SMILES string of the molecule is Fc1c(CNNc2ccccc2)cccc1C(F)(F)F. The van der Waals surface area contributed by atoms with E-state index in [9.17, 15) is 17.6 Å². The van der Waals surface area contributed by atoms with Crippen LogP contribution in [0.25, 0.3) is 0 Å². The molecule has 2 N–H and O–H groups in total. The highest BCUT2D eigenvalue weighted by Gasteiger charge is 2.34. The largest absolute Gasteiger partial charge is 0.419 e. The Morgan fingerprint density at radius 1 is 0.900 bits per heavy atom. The van der Waals surface area contributed by atoms with Gasteiger partial charge < -0.3 is 5.43 Å². The van der Waals surface area contributed by atoms with E-state index in [1.807, 2.05) is 6.07 Å². The van der Waals surface area contributed by atoms with Crippen LogP contribution in [0.4, 0.5) is 23.2 Å². The molecule has 0 aliphatic carbocycles. The summed E-state index contributed by atoms with van der Waals surface area (Å²) in [5.41, 5.74) is 4.89. The molecule has 2 aromatic rings. The second-order valence-electron chi connectivity index (χ2n) is 4.12. The molecule has 0 heterocycles. The lowest BCUT2D eigenvalue weighted by Gasteiger charge is -2.12. The fourth-order valence-corrected chi connectivity index (χ4v) is 1.70. The van der Waals surface area contributed by atoms with E-state index in [0.717, 1.165) is 11.8 Å². The van der Waals surface area contributed by atoms with Crippen LogP contribution in [-0.4, -0.2) is 0 Å². The van der Waals surface area contributed by atoms with Crippen LogP contribution in [0.5, 0.6) is 0 Å². The van der Waals surface area contributed by atoms with Crippen molar-refractivity contribution in [3.05, 3.63) is 65.5 Å². The van der Waals surface area contributed by atoms with Crippen LogP contribution in [0.2, 0.25) is 0 Å². The normalized spacial score (nSPS) is 11.4. The number of hydrogen-bond acceptors (Lipinski definition) is 2. The molecule has 0 aliphatic heterocycles. The van der Waals surface area contributed by atoms with Gasteiger partial charge >= 0.3 is 6.18 Å². The second-order valence-corrected chi connectivity index (χ2v) is 4.12. The quantitative estimate of drug-likeness (QED) is 0.656. The van der Waals surface area contributed by atoms with Crippen molar-refractivity contribution in [2.45, 2.75) is 12.7 Å². The predicted octanol–water partition coefficient (Wildman–Crippen LogP) is 3.96. The number of para-hydroxylation sites is 1. The van der Waals surface area contributed by atoms with Gasteiger partial charge in [0.05, 0.1) is 5.56 Å². The van der Waals surface area contributed by atoms with Gasteiger partial charge in [0.1, 0.15) is 5.82 Å². The van der Waals surface area contributed by atoms with E-state index in [2.05, 4.69) is 10.9 Å². The Morgan fingerprint density at radius 3 is 2.25 bits per heavy atom. The predicted molar refractivity (Wildman–Crippen MR) is 68.3 cm³/mol. The van der Waals surface area contributed by atoms with Crippen LogP contribution >= 0.6 is 0 Å². The maximum Gasteiger partial charge on any atom is 0.419 e. The van der Waals surface area contributed by atoms with Crippen LogP contribution in [-0.2, 0) is 12.7 Å². The summed E-state index contributed by atoms with van der Waals surface area (Å²) in [5.74, 6) is -1.25. The summed E-state index contributed by atoms with van der Waals surface area (Å²) >= 11 is 0. The van der Waals surface area contributed by atoms with E-state index < -0.39 is 17.6 Å². The smallest absolute Gasteiger partial charge is 0.321 e. The van der Waals surface area contributed by atoms with Gasteiger partial charge in [0, 0.05) is 17.8 Å². The third-order valence-electron chi connectivity index (χ3n) is 2.67. The third kappa shape index (κ3) is 3.48. The maximum atomic E-state index is 13.7. The lowest BCUT2D eigenvalue weighted by Crippen LogP contribution is -2.22. The summed E-state index contributed by atoms with van der Waals surface area (Å²) in [6, 6.07) is 12.2. The van der Waals surface area contributed by atoms with Crippen molar-refractivity contribution in [2.75, 3.05) is 5.43 Å². The first-order valence-electron chi connectivity index (χ1n) is 5.87. The van der Waals surface area contributed by atoms with Crippen LogP contribution in [0.15, 0.2) is 48.5 Å². The van der Waals surface area contributed by atoms with Gasteiger partial charge in [-0.3, -0.25) is 0 Å². The monoisotopic (exact) mass is 284 g/mol. The molecule has 0 aliphatic rings. The average Bonchev–Trinajstić information content (AvgIpc) is 2.40. The molecule has 0 radical (unpaired) electrons. The van der Waals surface area contributed by atoms with Crippen molar-refractivity contribution in [1.82, 2.24) is 5.43 Å². The summed E-state index contributed by atoms with van der Waals surface area (Å²) in [4.78, 5) is 0. The average molecular weight is 284 g/mol. The molecule has 0 saturated heterocycles. The van der Waals surface area contributed by atoms with E-state index in [1.165, 1.54) is 12.1 Å². The Bertz CT molecular complexity index is 567. The number of halogens is 4. The van der Waals surface area contributed by atoms with Crippen molar-refractivity contribution in [3.8, 4) is 0 Å². The number of anilines is 1.